The van der Waals surface area contributed by atoms with E-state index < -0.39 is 11.7 Å². The Bertz CT molecular complexity index is 701. The Hall–Kier alpha value is -2.28. The molecule has 2 heterocycles. The van der Waals surface area contributed by atoms with E-state index in [1.807, 2.05) is 19.0 Å². The van der Waals surface area contributed by atoms with Gasteiger partial charge < -0.3 is 14.7 Å². The van der Waals surface area contributed by atoms with Gasteiger partial charge in [0.2, 0.25) is 5.91 Å². The van der Waals surface area contributed by atoms with Crippen LogP contribution < -0.4 is 0 Å². The molecule has 0 unspecified atom stereocenters. The molecular weight excluding hydrogens is 325 g/mol. The molecule has 0 saturated carbocycles. The van der Waals surface area contributed by atoms with Crippen molar-refractivity contribution in [3.05, 3.63) is 35.1 Å². The van der Waals surface area contributed by atoms with Crippen molar-refractivity contribution in [2.75, 3.05) is 40.3 Å². The number of nitrogens with zero attached hydrogens (tertiary/aromatic N) is 3. The number of carbonyl (C=O) groups is 3. The normalized spacial score (nSPS) is 20.7. The van der Waals surface area contributed by atoms with Crippen LogP contribution >= 0.6 is 0 Å². The van der Waals surface area contributed by atoms with E-state index in [4.69, 9.17) is 0 Å². The van der Waals surface area contributed by atoms with Crippen LogP contribution in [0.25, 0.3) is 0 Å². The first-order valence-corrected chi connectivity index (χ1v) is 8.40. The summed E-state index contributed by atoms with van der Waals surface area (Å²) in [7, 11) is 4.01. The molecule has 3 rings (SSSR count). The van der Waals surface area contributed by atoms with Gasteiger partial charge in [-0.25, -0.2) is 4.39 Å². The lowest BCUT2D eigenvalue weighted by Crippen LogP contribution is -2.56. The second-order valence-electron chi connectivity index (χ2n) is 6.95. The van der Waals surface area contributed by atoms with Crippen LogP contribution in [0, 0.1) is 11.7 Å². The third-order valence-electron chi connectivity index (χ3n) is 5.08. The summed E-state index contributed by atoms with van der Waals surface area (Å²) in [4.78, 5) is 41.1. The first kappa shape index (κ1) is 17.5. The molecule has 1 aromatic carbocycles. The molecule has 2 saturated heterocycles. The predicted octanol–water partition coefficient (Wildman–Crippen LogP) is 0.873. The molecule has 0 aromatic heterocycles. The third kappa shape index (κ3) is 3.42. The summed E-state index contributed by atoms with van der Waals surface area (Å²) in [6, 6.07) is 4.07. The minimum Gasteiger partial charge on any atom is -0.341 e. The quantitative estimate of drug-likeness (QED) is 0.759. The average molecular weight is 347 g/mol. The fraction of sp³-hybridized carbons (Fsp3) is 0.500. The summed E-state index contributed by atoms with van der Waals surface area (Å²) in [6.45, 7) is 2.05. The second-order valence-corrected chi connectivity index (χ2v) is 6.95. The van der Waals surface area contributed by atoms with E-state index in [9.17, 15) is 18.8 Å². The van der Waals surface area contributed by atoms with E-state index in [0.717, 1.165) is 19.0 Å². The number of benzene rings is 1. The number of carbonyl (C=O) groups excluding carboxylic acids is 3. The minimum atomic E-state index is -0.654. The SMILES string of the molecule is CN(C)[C@H]1CCN(C(=O)C2CN(C(=O)c3cc(C=O)ccc3F)C2)C1. The molecule has 2 aliphatic heterocycles. The van der Waals surface area contributed by atoms with E-state index in [1.54, 1.807) is 0 Å². The zero-order valence-corrected chi connectivity index (χ0v) is 14.4. The number of likely N-dealkylation sites (N-methyl/N-ethyl adjacent to an activating group) is 1. The number of halogens is 1. The monoisotopic (exact) mass is 347 g/mol. The van der Waals surface area contributed by atoms with Crippen LogP contribution in [0.5, 0.6) is 0 Å². The highest BCUT2D eigenvalue weighted by atomic mass is 19.1. The number of rotatable bonds is 4. The summed E-state index contributed by atoms with van der Waals surface area (Å²) in [6.07, 6.45) is 1.53. The number of hydrogen-bond acceptors (Lipinski definition) is 4. The smallest absolute Gasteiger partial charge is 0.256 e. The molecule has 1 atom stereocenters. The van der Waals surface area contributed by atoms with E-state index in [2.05, 4.69) is 4.90 Å². The van der Waals surface area contributed by atoms with Gasteiger partial charge in [0.05, 0.1) is 11.5 Å². The van der Waals surface area contributed by atoms with Gasteiger partial charge in [-0.3, -0.25) is 14.4 Å². The zero-order chi connectivity index (χ0) is 18.1. The van der Waals surface area contributed by atoms with Crippen LogP contribution in [0.4, 0.5) is 4.39 Å². The Morgan fingerprint density at radius 1 is 1.20 bits per heavy atom. The van der Waals surface area contributed by atoms with Gasteiger partial charge in [0.25, 0.3) is 5.91 Å². The van der Waals surface area contributed by atoms with Crippen molar-refractivity contribution < 1.29 is 18.8 Å². The van der Waals surface area contributed by atoms with Crippen molar-refractivity contribution >= 4 is 18.1 Å². The van der Waals surface area contributed by atoms with Crippen molar-refractivity contribution in [1.29, 1.82) is 0 Å². The first-order valence-electron chi connectivity index (χ1n) is 8.40. The number of hydrogen-bond donors (Lipinski definition) is 0. The molecule has 7 heteroatoms. The van der Waals surface area contributed by atoms with E-state index in [1.165, 1.54) is 17.0 Å². The molecule has 0 spiro atoms. The predicted molar refractivity (Wildman–Crippen MR) is 89.9 cm³/mol. The number of aldehydes is 1. The molecule has 0 radical (unpaired) electrons. The molecular formula is C18H22FN3O3. The Morgan fingerprint density at radius 3 is 2.52 bits per heavy atom. The van der Waals surface area contributed by atoms with E-state index in [-0.39, 0.29) is 23.0 Å². The van der Waals surface area contributed by atoms with Crippen LogP contribution in [-0.2, 0) is 4.79 Å². The maximum Gasteiger partial charge on any atom is 0.256 e. The summed E-state index contributed by atoms with van der Waals surface area (Å²) >= 11 is 0. The number of amides is 2. The Morgan fingerprint density at radius 2 is 1.92 bits per heavy atom. The molecule has 0 N–H and O–H groups in total. The molecule has 0 aliphatic carbocycles. The van der Waals surface area contributed by atoms with Gasteiger partial charge in [-0.1, -0.05) is 0 Å². The molecule has 0 bridgehead atoms. The minimum absolute atomic E-state index is 0.0653. The third-order valence-corrected chi connectivity index (χ3v) is 5.08. The van der Waals surface area contributed by atoms with Crippen LogP contribution in [0.1, 0.15) is 27.1 Å². The molecule has 6 nitrogen and oxygen atoms in total. The summed E-state index contributed by atoms with van der Waals surface area (Å²) in [5.74, 6) is -1.28. The van der Waals surface area contributed by atoms with Gasteiger partial charge in [0, 0.05) is 37.8 Å². The van der Waals surface area contributed by atoms with Crippen molar-refractivity contribution in [1.82, 2.24) is 14.7 Å². The fourth-order valence-corrected chi connectivity index (χ4v) is 3.37. The Balaban J connectivity index is 1.58. The summed E-state index contributed by atoms with van der Waals surface area (Å²) in [5, 5.41) is 0. The topological polar surface area (TPSA) is 60.9 Å². The summed E-state index contributed by atoms with van der Waals surface area (Å²) < 4.78 is 13.9. The molecule has 2 aliphatic rings. The largest absolute Gasteiger partial charge is 0.341 e. The van der Waals surface area contributed by atoms with Gasteiger partial charge in [-0.2, -0.15) is 0 Å². The van der Waals surface area contributed by atoms with Crippen molar-refractivity contribution in [2.24, 2.45) is 5.92 Å². The van der Waals surface area contributed by atoms with Gasteiger partial charge in [0.15, 0.2) is 0 Å². The highest BCUT2D eigenvalue weighted by Crippen LogP contribution is 2.24. The van der Waals surface area contributed by atoms with Gasteiger partial charge in [-0.05, 0) is 38.7 Å². The molecule has 1 aromatic rings. The molecule has 134 valence electrons. The van der Waals surface area contributed by atoms with Gasteiger partial charge >= 0.3 is 0 Å². The van der Waals surface area contributed by atoms with Crippen LogP contribution in [0.15, 0.2) is 18.2 Å². The highest BCUT2D eigenvalue weighted by molar-refractivity contribution is 5.97. The van der Waals surface area contributed by atoms with Crippen molar-refractivity contribution in [3.63, 3.8) is 0 Å². The molecule has 25 heavy (non-hydrogen) atoms. The maximum absolute atomic E-state index is 13.9. The second kappa shape index (κ2) is 6.92. The molecule has 2 amide bonds. The van der Waals surface area contributed by atoms with Gasteiger partial charge in [-0.15, -0.1) is 0 Å². The Labute approximate surface area is 146 Å². The highest BCUT2D eigenvalue weighted by Gasteiger charge is 2.40. The van der Waals surface area contributed by atoms with Crippen molar-refractivity contribution in [2.45, 2.75) is 12.5 Å². The van der Waals surface area contributed by atoms with Crippen LogP contribution in [-0.4, -0.2) is 79.1 Å². The summed E-state index contributed by atoms with van der Waals surface area (Å²) in [5.41, 5.74) is 0.133. The van der Waals surface area contributed by atoms with Crippen molar-refractivity contribution in [3.8, 4) is 0 Å². The number of likely N-dealkylation sites (tertiary alicyclic amines) is 2. The Kier molecular flexibility index (Phi) is 4.85. The standard InChI is InChI=1S/C18H22FN3O3/c1-20(2)14-5-6-21(10-14)17(24)13-8-22(9-13)18(25)15-7-12(11-23)3-4-16(15)19/h3-4,7,11,13-14H,5-6,8-10H2,1-2H3/t14-/m0/s1. The van der Waals surface area contributed by atoms with Gasteiger partial charge in [0.1, 0.15) is 12.1 Å². The van der Waals surface area contributed by atoms with Crippen LogP contribution in [0.2, 0.25) is 0 Å². The first-order chi connectivity index (χ1) is 11.9. The maximum atomic E-state index is 13.9. The lowest BCUT2D eigenvalue weighted by molar-refractivity contribution is -0.138. The van der Waals surface area contributed by atoms with E-state index in [0.29, 0.717) is 32.0 Å². The average Bonchev–Trinajstić information content (AvgIpc) is 3.04. The van der Waals surface area contributed by atoms with E-state index >= 15 is 0 Å². The fourth-order valence-electron chi connectivity index (χ4n) is 3.37. The zero-order valence-electron chi connectivity index (χ0n) is 14.4. The van der Waals surface area contributed by atoms with Crippen LogP contribution in [0.3, 0.4) is 0 Å². The lowest BCUT2D eigenvalue weighted by atomic mass is 9.96. The lowest BCUT2D eigenvalue weighted by Gasteiger charge is -2.40. The molecule has 2 fully saturated rings.